The maximum Gasteiger partial charge on any atom is 0.247 e. The van der Waals surface area contributed by atoms with E-state index in [1.165, 1.54) is 12.4 Å². The lowest BCUT2D eigenvalue weighted by Crippen LogP contribution is -2.51. The smallest absolute Gasteiger partial charge is 0.247 e. The van der Waals surface area contributed by atoms with Crippen LogP contribution < -0.4 is 20.3 Å². The van der Waals surface area contributed by atoms with Crippen LogP contribution in [0.25, 0.3) is 22.2 Å². The molecule has 0 unspecified atom stereocenters. The summed E-state index contributed by atoms with van der Waals surface area (Å²) in [5.41, 5.74) is 5.36. The van der Waals surface area contributed by atoms with Crippen LogP contribution >= 0.6 is 0 Å². The summed E-state index contributed by atoms with van der Waals surface area (Å²) in [6.45, 7) is 7.06. The van der Waals surface area contributed by atoms with Gasteiger partial charge in [0.15, 0.2) is 0 Å². The zero-order chi connectivity index (χ0) is 27.0. The average Bonchev–Trinajstić information content (AvgIpc) is 3.32. The number of carbonyl (C=O) groups is 1. The number of nitrogens with one attached hydrogen (secondary N) is 2. The molecule has 2 N–H and O–H groups in total. The number of aryl methyl sites for hydroxylation is 1. The first-order chi connectivity index (χ1) is 19.0. The van der Waals surface area contributed by atoms with Gasteiger partial charge in [0.05, 0.1) is 54.8 Å². The number of benzene rings is 2. The number of hydrogen-bond acceptors (Lipinski definition) is 8. The van der Waals surface area contributed by atoms with Crippen molar-refractivity contribution in [1.29, 1.82) is 0 Å². The van der Waals surface area contributed by atoms with Gasteiger partial charge >= 0.3 is 0 Å². The summed E-state index contributed by atoms with van der Waals surface area (Å²) in [6, 6.07) is 11.9. The Morgan fingerprint density at radius 3 is 2.67 bits per heavy atom. The summed E-state index contributed by atoms with van der Waals surface area (Å²) >= 11 is 0. The molecule has 0 saturated carbocycles. The van der Waals surface area contributed by atoms with Gasteiger partial charge in [-0.15, -0.1) is 0 Å². The van der Waals surface area contributed by atoms with Crippen molar-refractivity contribution >= 4 is 39.7 Å². The maximum absolute atomic E-state index is 12.4. The van der Waals surface area contributed by atoms with Gasteiger partial charge in [0.2, 0.25) is 5.91 Å². The summed E-state index contributed by atoms with van der Waals surface area (Å²) in [4.78, 5) is 23.6. The van der Waals surface area contributed by atoms with Crippen molar-refractivity contribution < 1.29 is 14.3 Å². The number of nitrogens with zero attached hydrogens (tertiary/aromatic N) is 5. The molecule has 2 aliphatic heterocycles. The monoisotopic (exact) mass is 525 g/mol. The molecule has 0 aliphatic carbocycles. The average molecular weight is 526 g/mol. The van der Waals surface area contributed by atoms with Crippen LogP contribution in [0.1, 0.15) is 12.8 Å². The van der Waals surface area contributed by atoms with E-state index in [9.17, 15) is 4.79 Å². The first-order valence-electron chi connectivity index (χ1n) is 13.0. The molecule has 4 aromatic rings. The van der Waals surface area contributed by atoms with E-state index < -0.39 is 0 Å². The van der Waals surface area contributed by atoms with E-state index in [-0.39, 0.29) is 5.91 Å². The zero-order valence-electron chi connectivity index (χ0n) is 22.1. The maximum atomic E-state index is 12.4. The second kappa shape index (κ2) is 10.0. The Kier molecular flexibility index (Phi) is 6.40. The van der Waals surface area contributed by atoms with Crippen LogP contribution in [0.2, 0.25) is 0 Å². The Hall–Kier alpha value is -4.44. The van der Waals surface area contributed by atoms with Crippen molar-refractivity contribution in [3.8, 4) is 17.0 Å². The highest BCUT2D eigenvalue weighted by Crippen LogP contribution is 2.43. The third-order valence-corrected chi connectivity index (χ3v) is 7.71. The Bertz CT molecular complexity index is 1550. The van der Waals surface area contributed by atoms with Crippen LogP contribution in [0.3, 0.4) is 0 Å². The molecule has 2 saturated heterocycles. The summed E-state index contributed by atoms with van der Waals surface area (Å²) in [6.07, 6.45) is 6.75. The fourth-order valence-electron chi connectivity index (χ4n) is 5.33. The molecule has 6 rings (SSSR count). The number of methoxy groups -OCH3 is 1. The molecule has 0 bridgehead atoms. The van der Waals surface area contributed by atoms with Gasteiger partial charge in [-0.05, 0) is 37.1 Å². The van der Waals surface area contributed by atoms with Gasteiger partial charge < -0.3 is 25.0 Å². The number of anilines is 4. The van der Waals surface area contributed by atoms with Gasteiger partial charge in [-0.1, -0.05) is 12.6 Å². The Balaban J connectivity index is 1.30. The number of carbonyl (C=O) groups excluding carboxylic acids is 1. The summed E-state index contributed by atoms with van der Waals surface area (Å²) in [7, 11) is 3.56. The molecule has 1 spiro atoms. The Morgan fingerprint density at radius 2 is 1.95 bits per heavy atom. The fraction of sp³-hybridized carbons (Fsp3) is 0.310. The molecule has 200 valence electrons. The quantitative estimate of drug-likeness (QED) is 0.339. The van der Waals surface area contributed by atoms with E-state index in [0.717, 1.165) is 67.0 Å². The molecule has 1 amide bonds. The Labute approximate surface area is 226 Å². The fourth-order valence-corrected chi connectivity index (χ4v) is 5.33. The molecule has 0 atom stereocenters. The van der Waals surface area contributed by atoms with Crippen LogP contribution in [-0.2, 0) is 16.6 Å². The number of ether oxygens (including phenoxy) is 2. The van der Waals surface area contributed by atoms with Crippen LogP contribution in [-0.4, -0.2) is 59.1 Å². The van der Waals surface area contributed by atoms with Crippen molar-refractivity contribution in [3.05, 3.63) is 61.6 Å². The summed E-state index contributed by atoms with van der Waals surface area (Å²) in [5, 5.41) is 11.7. The number of rotatable bonds is 7. The molecule has 2 aliphatic rings. The minimum Gasteiger partial charge on any atom is -0.494 e. The molecule has 0 radical (unpaired) electrons. The molecule has 10 heteroatoms. The molecular weight excluding hydrogens is 494 g/mol. The minimum absolute atomic E-state index is 0.275. The SMILES string of the molecule is C=CC(=O)Nc1cc(Nc2cc(-c3ccc4c(cnn4C)c3)ncn2)c(OC)cc1N1CCC2(CC1)COC2. The van der Waals surface area contributed by atoms with Crippen LogP contribution in [0.15, 0.2) is 61.6 Å². The molecule has 4 heterocycles. The van der Waals surface area contributed by atoms with Gasteiger partial charge in [0, 0.05) is 48.6 Å². The van der Waals surface area contributed by atoms with E-state index in [1.54, 1.807) is 7.11 Å². The number of aromatic nitrogens is 4. The van der Waals surface area contributed by atoms with E-state index in [1.807, 2.05) is 48.3 Å². The largest absolute Gasteiger partial charge is 0.494 e. The summed E-state index contributed by atoms with van der Waals surface area (Å²) < 4.78 is 13.1. The van der Waals surface area contributed by atoms with Crippen molar-refractivity contribution in [1.82, 2.24) is 19.7 Å². The lowest BCUT2D eigenvalue weighted by atomic mass is 9.76. The van der Waals surface area contributed by atoms with Crippen molar-refractivity contribution in [2.24, 2.45) is 12.5 Å². The van der Waals surface area contributed by atoms with Crippen molar-refractivity contribution in [3.63, 3.8) is 0 Å². The highest BCUT2D eigenvalue weighted by Gasteiger charge is 2.41. The topological polar surface area (TPSA) is 106 Å². The Morgan fingerprint density at radius 1 is 1.13 bits per heavy atom. The van der Waals surface area contributed by atoms with Crippen molar-refractivity contribution in [2.75, 3.05) is 48.9 Å². The number of fused-ring (bicyclic) bond motifs is 1. The predicted molar refractivity (Wildman–Crippen MR) is 152 cm³/mol. The third-order valence-electron chi connectivity index (χ3n) is 7.71. The summed E-state index contributed by atoms with van der Waals surface area (Å²) in [5.74, 6) is 0.970. The first kappa shape index (κ1) is 24.9. The minimum atomic E-state index is -0.275. The highest BCUT2D eigenvalue weighted by atomic mass is 16.5. The number of hydrogen-bond donors (Lipinski definition) is 2. The normalized spacial score (nSPS) is 16.1. The predicted octanol–water partition coefficient (Wildman–Crippen LogP) is 4.52. The van der Waals surface area contributed by atoms with Gasteiger partial charge in [0.1, 0.15) is 17.9 Å². The molecule has 2 aromatic heterocycles. The van der Waals surface area contributed by atoms with E-state index in [0.29, 0.717) is 28.4 Å². The van der Waals surface area contributed by atoms with E-state index >= 15 is 0 Å². The first-order valence-corrected chi connectivity index (χ1v) is 13.0. The van der Waals surface area contributed by atoms with Crippen LogP contribution in [0.5, 0.6) is 5.75 Å². The highest BCUT2D eigenvalue weighted by molar-refractivity contribution is 6.02. The van der Waals surface area contributed by atoms with Crippen LogP contribution in [0.4, 0.5) is 22.9 Å². The van der Waals surface area contributed by atoms with Gasteiger partial charge in [0.25, 0.3) is 0 Å². The second-order valence-electron chi connectivity index (χ2n) is 10.2. The number of amides is 1. The zero-order valence-corrected chi connectivity index (χ0v) is 22.1. The second-order valence-corrected chi connectivity index (χ2v) is 10.2. The third kappa shape index (κ3) is 4.79. The molecule has 2 aromatic carbocycles. The molecular formula is C29H31N7O3. The standard InChI is InChI=1S/C29H31N7O3/c1-4-28(37)34-22-12-23(26(38-3)14-25(22)36-9-7-29(8-10-36)16-39-17-29)33-27-13-21(30-18-31-27)19-5-6-24-20(11-19)15-32-35(24)2/h4-6,11-15,18H,1,7-10,16-17H2,2-3H3,(H,34,37)(H,30,31,33). The molecule has 39 heavy (non-hydrogen) atoms. The van der Waals surface area contributed by atoms with Gasteiger partial charge in [-0.3, -0.25) is 9.48 Å². The van der Waals surface area contributed by atoms with Crippen molar-refractivity contribution in [2.45, 2.75) is 12.8 Å². The molecule has 2 fully saturated rings. The van der Waals surface area contributed by atoms with Gasteiger partial charge in [-0.25, -0.2) is 9.97 Å². The van der Waals surface area contributed by atoms with Gasteiger partial charge in [-0.2, -0.15) is 5.10 Å². The van der Waals surface area contributed by atoms with E-state index in [2.05, 4.69) is 43.2 Å². The lowest BCUT2D eigenvalue weighted by molar-refractivity contribution is -0.124. The number of piperidine rings is 1. The lowest BCUT2D eigenvalue weighted by Gasteiger charge is -2.48. The molecule has 10 nitrogen and oxygen atoms in total. The van der Waals surface area contributed by atoms with Crippen LogP contribution in [0, 0.1) is 5.41 Å². The van der Waals surface area contributed by atoms with E-state index in [4.69, 9.17) is 9.47 Å².